The van der Waals surface area contributed by atoms with E-state index in [0.29, 0.717) is 28.9 Å². The van der Waals surface area contributed by atoms with E-state index in [1.165, 1.54) is 11.0 Å². The number of alkyl halides is 1. The van der Waals surface area contributed by atoms with Crippen LogP contribution >= 0.6 is 0 Å². The third-order valence-corrected chi connectivity index (χ3v) is 8.34. The first-order valence-electron chi connectivity index (χ1n) is 13.3. The van der Waals surface area contributed by atoms with E-state index in [4.69, 9.17) is 0 Å². The Bertz CT molecular complexity index is 1660. The lowest BCUT2D eigenvalue weighted by atomic mass is 9.92. The highest BCUT2D eigenvalue weighted by atomic mass is 19.1. The number of halogens is 2. The average Bonchev–Trinajstić information content (AvgIpc) is 3.86. The molecule has 2 aromatic heterocycles. The molecule has 1 unspecified atom stereocenters. The maximum absolute atomic E-state index is 15.2. The highest BCUT2D eigenvalue weighted by Crippen LogP contribution is 2.48. The molecule has 1 aliphatic heterocycles. The van der Waals surface area contributed by atoms with E-state index < -0.39 is 23.9 Å². The Morgan fingerprint density at radius 1 is 1.05 bits per heavy atom. The first-order valence-corrected chi connectivity index (χ1v) is 13.3. The third-order valence-electron chi connectivity index (χ3n) is 8.34. The lowest BCUT2D eigenvalue weighted by molar-refractivity contribution is -0.138. The molecule has 0 bridgehead atoms. The average molecular weight is 529 g/mol. The highest BCUT2D eigenvalue weighted by molar-refractivity contribution is 5.93. The van der Waals surface area contributed by atoms with E-state index in [2.05, 4.69) is 10.1 Å². The van der Waals surface area contributed by atoms with Crippen molar-refractivity contribution in [2.24, 2.45) is 5.92 Å². The number of rotatable bonds is 5. The number of benzene rings is 2. The van der Waals surface area contributed by atoms with E-state index in [9.17, 15) is 14.7 Å². The molecule has 1 amide bonds. The van der Waals surface area contributed by atoms with Crippen molar-refractivity contribution in [1.29, 1.82) is 0 Å². The molecule has 0 spiro atoms. The second-order valence-electron chi connectivity index (χ2n) is 10.9. The molecule has 198 valence electrons. The van der Waals surface area contributed by atoms with E-state index >= 15 is 8.78 Å². The van der Waals surface area contributed by atoms with E-state index in [1.807, 2.05) is 19.1 Å². The molecular weight excluding hydrogens is 502 g/mol. The Kier molecular flexibility index (Phi) is 5.33. The molecule has 7 nitrogen and oxygen atoms in total. The van der Waals surface area contributed by atoms with Crippen LogP contribution in [0.4, 0.5) is 8.78 Å². The molecule has 0 saturated heterocycles. The van der Waals surface area contributed by atoms with Gasteiger partial charge in [0, 0.05) is 23.2 Å². The Morgan fingerprint density at radius 2 is 1.82 bits per heavy atom. The van der Waals surface area contributed by atoms with Crippen LogP contribution in [0.5, 0.6) is 0 Å². The Balaban J connectivity index is 1.24. The van der Waals surface area contributed by atoms with Gasteiger partial charge in [-0.25, -0.2) is 18.3 Å². The van der Waals surface area contributed by atoms with Gasteiger partial charge in [0.15, 0.2) is 5.65 Å². The Hall–Kier alpha value is -4.14. The highest BCUT2D eigenvalue weighted by Gasteiger charge is 2.44. The number of carboxylic acids is 1. The van der Waals surface area contributed by atoms with Crippen molar-refractivity contribution in [1.82, 2.24) is 19.5 Å². The molecule has 4 atom stereocenters. The fourth-order valence-corrected chi connectivity index (χ4v) is 5.89. The van der Waals surface area contributed by atoms with E-state index in [1.54, 1.807) is 40.9 Å². The Morgan fingerprint density at radius 3 is 2.51 bits per heavy atom. The molecule has 7 rings (SSSR count). The van der Waals surface area contributed by atoms with Crippen molar-refractivity contribution in [2.75, 3.05) is 6.54 Å². The summed E-state index contributed by atoms with van der Waals surface area (Å²) in [5, 5.41) is 13.8. The SMILES string of the molecule is C[C@@H]1c2ccccc2C(F)CN1C(=O)c1cc(C2CC2)n2nc(-c3ccc([C@H]4C[C@@H]4C(=O)O)cc3F)cc2n1. The van der Waals surface area contributed by atoms with Crippen LogP contribution in [0, 0.1) is 11.7 Å². The summed E-state index contributed by atoms with van der Waals surface area (Å²) in [7, 11) is 0. The van der Waals surface area contributed by atoms with Crippen LogP contribution in [0.1, 0.15) is 83.1 Å². The lowest BCUT2D eigenvalue weighted by Crippen LogP contribution is -2.40. The molecule has 2 aromatic carbocycles. The summed E-state index contributed by atoms with van der Waals surface area (Å²) < 4.78 is 31.9. The van der Waals surface area contributed by atoms with Crippen molar-refractivity contribution >= 4 is 17.5 Å². The van der Waals surface area contributed by atoms with Gasteiger partial charge in [0.1, 0.15) is 17.7 Å². The smallest absolute Gasteiger partial charge is 0.307 e. The summed E-state index contributed by atoms with van der Waals surface area (Å²) in [4.78, 5) is 31.0. The maximum atomic E-state index is 15.2. The second-order valence-corrected chi connectivity index (χ2v) is 10.9. The minimum atomic E-state index is -1.28. The largest absolute Gasteiger partial charge is 0.481 e. The van der Waals surface area contributed by atoms with Crippen molar-refractivity contribution in [3.63, 3.8) is 0 Å². The van der Waals surface area contributed by atoms with Gasteiger partial charge in [-0.2, -0.15) is 5.10 Å². The summed E-state index contributed by atoms with van der Waals surface area (Å²) in [5.74, 6) is -2.10. The van der Waals surface area contributed by atoms with Crippen molar-refractivity contribution in [3.8, 4) is 11.3 Å². The third kappa shape index (κ3) is 3.99. The van der Waals surface area contributed by atoms with Crippen LogP contribution in [-0.2, 0) is 4.79 Å². The molecule has 1 N–H and O–H groups in total. The van der Waals surface area contributed by atoms with Gasteiger partial charge in [-0.05, 0) is 67.0 Å². The second kappa shape index (κ2) is 8.69. The van der Waals surface area contributed by atoms with Gasteiger partial charge in [-0.3, -0.25) is 9.59 Å². The fourth-order valence-electron chi connectivity index (χ4n) is 5.89. The van der Waals surface area contributed by atoms with Gasteiger partial charge < -0.3 is 10.0 Å². The van der Waals surface area contributed by atoms with Gasteiger partial charge in [0.2, 0.25) is 0 Å². The molecule has 2 fully saturated rings. The zero-order valence-electron chi connectivity index (χ0n) is 21.2. The van der Waals surface area contributed by atoms with E-state index in [-0.39, 0.29) is 41.6 Å². The van der Waals surface area contributed by atoms with E-state index in [0.717, 1.165) is 24.1 Å². The molecule has 9 heteroatoms. The predicted molar refractivity (Wildman–Crippen MR) is 139 cm³/mol. The number of nitrogens with zero attached hydrogens (tertiary/aromatic N) is 4. The van der Waals surface area contributed by atoms with Crippen LogP contribution in [0.2, 0.25) is 0 Å². The number of carboxylic acid groups (broad SMARTS) is 1. The van der Waals surface area contributed by atoms with Gasteiger partial charge in [0.05, 0.1) is 24.2 Å². The summed E-state index contributed by atoms with van der Waals surface area (Å²) in [6, 6.07) is 15.1. The molecule has 4 aromatic rings. The minimum absolute atomic E-state index is 0.0472. The molecule has 0 radical (unpaired) electrons. The number of aliphatic carboxylic acids is 1. The minimum Gasteiger partial charge on any atom is -0.481 e. The quantitative estimate of drug-likeness (QED) is 0.352. The number of carbonyl (C=O) groups excluding carboxylic acids is 1. The van der Waals surface area contributed by atoms with Gasteiger partial charge >= 0.3 is 5.97 Å². The molecule has 3 heterocycles. The molecular formula is C30H26F2N4O3. The fraction of sp³-hybridized carbons (Fsp3) is 0.333. The lowest BCUT2D eigenvalue weighted by Gasteiger charge is -2.36. The monoisotopic (exact) mass is 528 g/mol. The topological polar surface area (TPSA) is 87.8 Å². The van der Waals surface area contributed by atoms with Crippen molar-refractivity contribution in [3.05, 3.63) is 88.5 Å². The zero-order valence-corrected chi connectivity index (χ0v) is 21.2. The van der Waals surface area contributed by atoms with Crippen LogP contribution in [0.3, 0.4) is 0 Å². The number of fused-ring (bicyclic) bond motifs is 2. The van der Waals surface area contributed by atoms with Crippen LogP contribution < -0.4 is 0 Å². The van der Waals surface area contributed by atoms with Crippen molar-refractivity contribution < 1.29 is 23.5 Å². The molecule has 2 saturated carbocycles. The first kappa shape index (κ1) is 23.9. The Labute approximate surface area is 223 Å². The first-order chi connectivity index (χ1) is 18.8. The van der Waals surface area contributed by atoms with Gasteiger partial charge in [-0.1, -0.05) is 30.3 Å². The number of carbonyl (C=O) groups is 2. The van der Waals surface area contributed by atoms with Crippen LogP contribution in [-0.4, -0.2) is 43.0 Å². The predicted octanol–water partition coefficient (Wildman–Crippen LogP) is 5.83. The number of hydrogen-bond donors (Lipinski definition) is 1. The normalized spacial score (nSPS) is 24.0. The number of aromatic nitrogens is 3. The van der Waals surface area contributed by atoms with Crippen LogP contribution in [0.15, 0.2) is 54.6 Å². The molecule has 2 aliphatic carbocycles. The van der Waals surface area contributed by atoms with Crippen LogP contribution in [0.25, 0.3) is 16.9 Å². The zero-order chi connectivity index (χ0) is 27.0. The van der Waals surface area contributed by atoms with Gasteiger partial charge in [0.25, 0.3) is 5.91 Å². The molecule has 3 aliphatic rings. The van der Waals surface area contributed by atoms with Gasteiger partial charge in [-0.15, -0.1) is 0 Å². The number of hydrogen-bond acceptors (Lipinski definition) is 4. The summed E-state index contributed by atoms with van der Waals surface area (Å²) in [6.45, 7) is 1.85. The van der Waals surface area contributed by atoms with Crippen molar-refractivity contribution in [2.45, 2.75) is 50.2 Å². The molecule has 39 heavy (non-hydrogen) atoms. The number of amides is 1. The summed E-state index contributed by atoms with van der Waals surface area (Å²) in [6.07, 6.45) is 1.15. The maximum Gasteiger partial charge on any atom is 0.307 e. The summed E-state index contributed by atoms with van der Waals surface area (Å²) >= 11 is 0. The summed E-state index contributed by atoms with van der Waals surface area (Å²) in [5.41, 5.74) is 4.22. The standard InChI is InChI=1S/C30H26F2N4O3/c1-15-18-4-2-3-5-19(18)24(32)14-35(15)29(37)26-12-27(16-6-7-16)36-28(33-26)13-25(34-36)20-9-8-17(10-23(20)31)21-11-22(21)30(38)39/h2-5,8-10,12-13,15-16,21-22,24H,6-7,11,14H2,1H3,(H,38,39)/t15-,21-,22+,24?/m1/s1.